The lowest BCUT2D eigenvalue weighted by molar-refractivity contribution is -0.141. The fraction of sp³-hybridized carbons (Fsp3) is 0.867. The SMILES string of the molecule is O=C1C[C@H]2C(=O)C3C(OCCCO)CC[C@@H]3CC[C@@H]2O1. The third-order valence-electron chi connectivity index (χ3n) is 5.00. The van der Waals surface area contributed by atoms with Gasteiger partial charge in [0.1, 0.15) is 11.9 Å². The molecular formula is C15H22O5. The molecule has 5 heteroatoms. The molecule has 0 spiro atoms. The maximum absolute atomic E-state index is 12.7. The normalized spacial score (nSPS) is 40.1. The van der Waals surface area contributed by atoms with Crippen molar-refractivity contribution >= 4 is 11.8 Å². The summed E-state index contributed by atoms with van der Waals surface area (Å²) in [6.45, 7) is 0.614. The second kappa shape index (κ2) is 5.82. The number of rotatable bonds is 4. The summed E-state index contributed by atoms with van der Waals surface area (Å²) in [5.74, 6) is 0.000979. The summed E-state index contributed by atoms with van der Waals surface area (Å²) in [6.07, 6.45) is 4.32. The first-order valence-corrected chi connectivity index (χ1v) is 7.66. The topological polar surface area (TPSA) is 72.8 Å². The van der Waals surface area contributed by atoms with E-state index in [1.54, 1.807) is 0 Å². The van der Waals surface area contributed by atoms with Crippen molar-refractivity contribution in [3.05, 3.63) is 0 Å². The Hall–Kier alpha value is -0.940. The van der Waals surface area contributed by atoms with Crippen molar-refractivity contribution < 1.29 is 24.2 Å². The van der Waals surface area contributed by atoms with Gasteiger partial charge in [-0.3, -0.25) is 9.59 Å². The second-order valence-electron chi connectivity index (χ2n) is 6.17. The monoisotopic (exact) mass is 282 g/mol. The zero-order valence-corrected chi connectivity index (χ0v) is 11.6. The van der Waals surface area contributed by atoms with E-state index in [2.05, 4.69) is 0 Å². The Morgan fingerprint density at radius 1 is 1.20 bits per heavy atom. The van der Waals surface area contributed by atoms with Crippen LogP contribution in [0, 0.1) is 17.8 Å². The Balaban J connectivity index is 1.70. The van der Waals surface area contributed by atoms with Crippen LogP contribution in [0.1, 0.15) is 38.5 Å². The van der Waals surface area contributed by atoms with Gasteiger partial charge in [-0.05, 0) is 38.0 Å². The van der Waals surface area contributed by atoms with Crippen LogP contribution in [-0.2, 0) is 19.1 Å². The highest BCUT2D eigenvalue weighted by molar-refractivity contribution is 5.90. The van der Waals surface area contributed by atoms with Gasteiger partial charge in [0.15, 0.2) is 0 Å². The highest BCUT2D eigenvalue weighted by atomic mass is 16.6. The van der Waals surface area contributed by atoms with Gasteiger partial charge in [0.25, 0.3) is 0 Å². The van der Waals surface area contributed by atoms with Crippen LogP contribution in [0.25, 0.3) is 0 Å². The summed E-state index contributed by atoms with van der Waals surface area (Å²) in [4.78, 5) is 24.2. The summed E-state index contributed by atoms with van der Waals surface area (Å²) >= 11 is 0. The van der Waals surface area contributed by atoms with Crippen molar-refractivity contribution in [1.29, 1.82) is 0 Å². The lowest BCUT2D eigenvalue weighted by Crippen LogP contribution is -2.35. The number of hydrogen-bond donors (Lipinski definition) is 1. The van der Waals surface area contributed by atoms with Crippen molar-refractivity contribution in [2.45, 2.75) is 50.7 Å². The number of fused-ring (bicyclic) bond motifs is 2. The molecule has 112 valence electrons. The van der Waals surface area contributed by atoms with Gasteiger partial charge in [0, 0.05) is 19.1 Å². The van der Waals surface area contributed by atoms with Crippen LogP contribution >= 0.6 is 0 Å². The maximum atomic E-state index is 12.7. The summed E-state index contributed by atoms with van der Waals surface area (Å²) in [7, 11) is 0. The Morgan fingerprint density at radius 2 is 2.00 bits per heavy atom. The number of carbonyl (C=O) groups excluding carboxylic acids is 2. The van der Waals surface area contributed by atoms with Crippen molar-refractivity contribution in [2.24, 2.45) is 17.8 Å². The molecule has 0 aromatic rings. The molecule has 3 fully saturated rings. The van der Waals surface area contributed by atoms with Gasteiger partial charge in [-0.1, -0.05) is 0 Å². The fourth-order valence-electron chi connectivity index (χ4n) is 4.05. The van der Waals surface area contributed by atoms with E-state index >= 15 is 0 Å². The van der Waals surface area contributed by atoms with Crippen LogP contribution in [0.15, 0.2) is 0 Å². The quantitative estimate of drug-likeness (QED) is 0.617. The summed E-state index contributed by atoms with van der Waals surface area (Å²) in [5.41, 5.74) is 0. The molecule has 1 heterocycles. The highest BCUT2D eigenvalue weighted by Crippen LogP contribution is 2.45. The third-order valence-corrected chi connectivity index (χ3v) is 5.00. The lowest BCUT2D eigenvalue weighted by Gasteiger charge is -2.23. The van der Waals surface area contributed by atoms with E-state index in [0.717, 1.165) is 25.7 Å². The van der Waals surface area contributed by atoms with Crippen molar-refractivity contribution in [2.75, 3.05) is 13.2 Å². The van der Waals surface area contributed by atoms with Crippen LogP contribution in [0.2, 0.25) is 0 Å². The fourth-order valence-corrected chi connectivity index (χ4v) is 4.05. The summed E-state index contributed by atoms with van der Waals surface area (Å²) in [6, 6.07) is 0. The predicted molar refractivity (Wildman–Crippen MR) is 69.9 cm³/mol. The average molecular weight is 282 g/mol. The van der Waals surface area contributed by atoms with Crippen LogP contribution in [0.3, 0.4) is 0 Å². The van der Waals surface area contributed by atoms with Gasteiger partial charge >= 0.3 is 5.97 Å². The molecule has 0 amide bonds. The Bertz CT molecular complexity index is 394. The molecule has 20 heavy (non-hydrogen) atoms. The molecule has 5 nitrogen and oxygen atoms in total. The predicted octanol–water partition coefficient (Wildman–Crippen LogP) is 1.07. The van der Waals surface area contributed by atoms with Gasteiger partial charge in [-0.2, -0.15) is 0 Å². The number of ketones is 1. The number of aliphatic hydroxyl groups is 1. The number of ether oxygens (including phenoxy) is 2. The number of aliphatic hydroxyl groups excluding tert-OH is 1. The molecular weight excluding hydrogens is 260 g/mol. The largest absolute Gasteiger partial charge is 0.462 e. The zero-order valence-electron chi connectivity index (χ0n) is 11.6. The van der Waals surface area contributed by atoms with Crippen molar-refractivity contribution in [3.8, 4) is 0 Å². The van der Waals surface area contributed by atoms with Gasteiger partial charge < -0.3 is 14.6 Å². The first-order valence-electron chi connectivity index (χ1n) is 7.66. The molecule has 0 aromatic heterocycles. The third kappa shape index (κ3) is 2.49. The molecule has 2 saturated carbocycles. The van der Waals surface area contributed by atoms with Gasteiger partial charge in [-0.25, -0.2) is 0 Å². The minimum atomic E-state index is -0.250. The number of carbonyl (C=O) groups is 2. The van der Waals surface area contributed by atoms with Gasteiger partial charge in [0.2, 0.25) is 0 Å². The lowest BCUT2D eigenvalue weighted by atomic mass is 9.84. The Kier molecular flexibility index (Phi) is 4.08. The molecule has 0 aromatic carbocycles. The molecule has 1 aliphatic heterocycles. The first-order chi connectivity index (χ1) is 9.70. The summed E-state index contributed by atoms with van der Waals surface area (Å²) < 4.78 is 11.1. The van der Waals surface area contributed by atoms with E-state index in [1.165, 1.54) is 0 Å². The van der Waals surface area contributed by atoms with E-state index in [9.17, 15) is 9.59 Å². The molecule has 1 N–H and O–H groups in total. The van der Waals surface area contributed by atoms with E-state index in [0.29, 0.717) is 18.9 Å². The first kappa shape index (κ1) is 14.0. The summed E-state index contributed by atoms with van der Waals surface area (Å²) in [5, 5.41) is 8.82. The van der Waals surface area contributed by atoms with Crippen molar-refractivity contribution in [3.63, 3.8) is 0 Å². The maximum Gasteiger partial charge on any atom is 0.306 e. The van der Waals surface area contributed by atoms with Crippen LogP contribution in [0.5, 0.6) is 0 Å². The minimum absolute atomic E-state index is 0.0338. The van der Waals surface area contributed by atoms with Crippen LogP contribution in [-0.4, -0.2) is 42.3 Å². The molecule has 3 aliphatic rings. The zero-order chi connectivity index (χ0) is 14.1. The molecule has 1 saturated heterocycles. The number of Topliss-reactive ketones (excluding diaryl/α,β-unsaturated/α-hetero) is 1. The van der Waals surface area contributed by atoms with E-state index in [1.807, 2.05) is 0 Å². The second-order valence-corrected chi connectivity index (χ2v) is 6.17. The highest BCUT2D eigenvalue weighted by Gasteiger charge is 2.51. The van der Waals surface area contributed by atoms with E-state index in [-0.39, 0.29) is 48.8 Å². The smallest absolute Gasteiger partial charge is 0.306 e. The van der Waals surface area contributed by atoms with E-state index < -0.39 is 0 Å². The van der Waals surface area contributed by atoms with Crippen LogP contribution < -0.4 is 0 Å². The number of hydrogen-bond acceptors (Lipinski definition) is 5. The minimum Gasteiger partial charge on any atom is -0.462 e. The Labute approximate surface area is 118 Å². The molecule has 0 radical (unpaired) electrons. The number of esters is 1. The molecule has 5 atom stereocenters. The van der Waals surface area contributed by atoms with Gasteiger partial charge in [-0.15, -0.1) is 0 Å². The molecule has 3 rings (SSSR count). The standard InChI is InChI=1S/C15H22O5/c16-6-1-7-19-12-5-3-9-2-4-11-10(8-13(17)20-11)15(18)14(9)12/h9-12,14,16H,1-8H2/t9-,10+,11-,12?,14?/m0/s1. The Morgan fingerprint density at radius 3 is 2.80 bits per heavy atom. The van der Waals surface area contributed by atoms with Crippen molar-refractivity contribution in [1.82, 2.24) is 0 Å². The molecule has 2 aliphatic carbocycles. The van der Waals surface area contributed by atoms with Crippen LogP contribution in [0.4, 0.5) is 0 Å². The van der Waals surface area contributed by atoms with E-state index in [4.69, 9.17) is 14.6 Å². The molecule has 2 unspecified atom stereocenters. The average Bonchev–Trinajstić information content (AvgIpc) is 2.97. The van der Waals surface area contributed by atoms with Gasteiger partial charge in [0.05, 0.1) is 18.4 Å². The molecule has 0 bridgehead atoms.